The van der Waals surface area contributed by atoms with Gasteiger partial charge >= 0.3 is 5.97 Å². The Hall–Kier alpha value is -2.24. The molecule has 1 aromatic heterocycles. The van der Waals surface area contributed by atoms with Gasteiger partial charge in [0.2, 0.25) is 0 Å². The van der Waals surface area contributed by atoms with E-state index < -0.39 is 0 Å². The van der Waals surface area contributed by atoms with Crippen molar-refractivity contribution in [2.75, 3.05) is 6.61 Å². The lowest BCUT2D eigenvalue weighted by molar-refractivity contribution is -0.141. The third kappa shape index (κ3) is 4.73. The molecule has 0 aromatic carbocycles. The number of esters is 1. The second-order valence-electron chi connectivity index (χ2n) is 3.51. The Bertz CT molecular complexity index is 443. The zero-order chi connectivity index (χ0) is 13.4. The molecule has 0 aliphatic rings. The van der Waals surface area contributed by atoms with E-state index in [4.69, 9.17) is 4.74 Å². The van der Waals surface area contributed by atoms with E-state index in [1.54, 1.807) is 26.0 Å². The van der Waals surface area contributed by atoms with E-state index in [2.05, 4.69) is 15.5 Å². The van der Waals surface area contributed by atoms with Crippen LogP contribution in [-0.4, -0.2) is 29.2 Å². The highest BCUT2D eigenvalue weighted by Crippen LogP contribution is 1.96. The first-order valence-corrected chi connectivity index (χ1v) is 5.52. The summed E-state index contributed by atoms with van der Waals surface area (Å²) in [7, 11) is 0. The molecule has 1 aromatic rings. The van der Waals surface area contributed by atoms with Crippen molar-refractivity contribution >= 4 is 17.6 Å². The number of pyridine rings is 1. The third-order valence-electron chi connectivity index (χ3n) is 2.00. The minimum absolute atomic E-state index is 0.0600. The van der Waals surface area contributed by atoms with Crippen LogP contribution in [0.1, 0.15) is 30.6 Å². The molecule has 0 atom stereocenters. The Kier molecular flexibility index (Phi) is 5.50. The van der Waals surface area contributed by atoms with Crippen LogP contribution >= 0.6 is 0 Å². The normalized spacial score (nSPS) is 10.9. The molecule has 0 aliphatic carbocycles. The van der Waals surface area contributed by atoms with Crippen LogP contribution in [0.3, 0.4) is 0 Å². The van der Waals surface area contributed by atoms with Gasteiger partial charge in [0.05, 0.1) is 13.0 Å². The number of ether oxygens (including phenoxy) is 1. The first kappa shape index (κ1) is 13.8. The zero-order valence-electron chi connectivity index (χ0n) is 10.3. The number of hydrazone groups is 1. The average Bonchev–Trinajstić information content (AvgIpc) is 2.37. The van der Waals surface area contributed by atoms with Gasteiger partial charge in [0.25, 0.3) is 5.91 Å². The molecule has 1 amide bonds. The maximum Gasteiger partial charge on any atom is 0.311 e. The van der Waals surface area contributed by atoms with Crippen molar-refractivity contribution in [2.45, 2.75) is 20.3 Å². The van der Waals surface area contributed by atoms with Gasteiger partial charge in [0.15, 0.2) is 0 Å². The number of nitrogens with one attached hydrogen (secondary N) is 1. The van der Waals surface area contributed by atoms with Crippen LogP contribution < -0.4 is 5.43 Å². The summed E-state index contributed by atoms with van der Waals surface area (Å²) < 4.78 is 4.76. The third-order valence-corrected chi connectivity index (χ3v) is 2.00. The van der Waals surface area contributed by atoms with E-state index in [1.165, 1.54) is 12.4 Å². The second-order valence-corrected chi connectivity index (χ2v) is 3.51. The average molecular weight is 249 g/mol. The SMILES string of the molecule is CCOC(=O)C/C(C)=N/NC(=O)c1ccncc1. The molecule has 0 fully saturated rings. The number of carbonyl (C=O) groups is 2. The van der Waals surface area contributed by atoms with E-state index in [0.29, 0.717) is 17.9 Å². The van der Waals surface area contributed by atoms with Gasteiger partial charge in [-0.05, 0) is 26.0 Å². The van der Waals surface area contributed by atoms with E-state index >= 15 is 0 Å². The summed E-state index contributed by atoms with van der Waals surface area (Å²) in [6.45, 7) is 3.70. The van der Waals surface area contributed by atoms with Crippen LogP contribution in [0.25, 0.3) is 0 Å². The lowest BCUT2D eigenvalue weighted by Gasteiger charge is -2.02. The molecule has 0 saturated heterocycles. The van der Waals surface area contributed by atoms with Gasteiger partial charge in [-0.25, -0.2) is 5.43 Å². The van der Waals surface area contributed by atoms with E-state index in [1.807, 2.05) is 0 Å². The minimum atomic E-state index is -0.364. The molecule has 0 bridgehead atoms. The van der Waals surface area contributed by atoms with Crippen LogP contribution in [0.2, 0.25) is 0 Å². The molecular formula is C12H15N3O3. The van der Waals surface area contributed by atoms with Crippen molar-refractivity contribution in [3.05, 3.63) is 30.1 Å². The Morgan fingerprint density at radius 2 is 2.06 bits per heavy atom. The van der Waals surface area contributed by atoms with Crippen LogP contribution in [-0.2, 0) is 9.53 Å². The fourth-order valence-corrected chi connectivity index (χ4v) is 1.17. The topological polar surface area (TPSA) is 80.6 Å². The molecular weight excluding hydrogens is 234 g/mol. The van der Waals surface area contributed by atoms with Crippen LogP contribution in [0, 0.1) is 0 Å². The summed E-state index contributed by atoms with van der Waals surface area (Å²) in [5, 5.41) is 3.82. The standard InChI is InChI=1S/C12H15N3O3/c1-3-18-11(16)8-9(2)14-15-12(17)10-4-6-13-7-5-10/h4-7H,3,8H2,1-2H3,(H,15,17)/b14-9+. The summed E-state index contributed by atoms with van der Waals surface area (Å²) in [5.74, 6) is -0.711. The van der Waals surface area contributed by atoms with Crippen molar-refractivity contribution < 1.29 is 14.3 Å². The first-order chi connectivity index (χ1) is 8.63. The number of aromatic nitrogens is 1. The van der Waals surface area contributed by atoms with Gasteiger partial charge in [-0.1, -0.05) is 0 Å². The fourth-order valence-electron chi connectivity index (χ4n) is 1.17. The summed E-state index contributed by atoms with van der Waals surface area (Å²) in [4.78, 5) is 26.5. The van der Waals surface area contributed by atoms with E-state index in [9.17, 15) is 9.59 Å². The molecule has 1 rings (SSSR count). The summed E-state index contributed by atoms with van der Waals surface area (Å²) in [6.07, 6.45) is 3.10. The van der Waals surface area contributed by atoms with E-state index in [-0.39, 0.29) is 18.3 Å². The molecule has 0 unspecified atom stereocenters. The van der Waals surface area contributed by atoms with Gasteiger partial charge in [0, 0.05) is 23.7 Å². The number of hydrogen-bond acceptors (Lipinski definition) is 5. The first-order valence-electron chi connectivity index (χ1n) is 5.52. The largest absolute Gasteiger partial charge is 0.466 e. The Morgan fingerprint density at radius 3 is 2.67 bits per heavy atom. The van der Waals surface area contributed by atoms with Crippen molar-refractivity contribution in [3.8, 4) is 0 Å². The van der Waals surface area contributed by atoms with Crippen molar-refractivity contribution in [3.63, 3.8) is 0 Å². The smallest absolute Gasteiger partial charge is 0.311 e. The van der Waals surface area contributed by atoms with Crippen molar-refractivity contribution in [1.29, 1.82) is 0 Å². The molecule has 6 nitrogen and oxygen atoms in total. The van der Waals surface area contributed by atoms with Crippen LogP contribution in [0.15, 0.2) is 29.6 Å². The fraction of sp³-hybridized carbons (Fsp3) is 0.333. The summed E-state index contributed by atoms with van der Waals surface area (Å²) in [6, 6.07) is 3.15. The van der Waals surface area contributed by atoms with Gasteiger partial charge in [-0.3, -0.25) is 14.6 Å². The van der Waals surface area contributed by atoms with Crippen LogP contribution in [0.5, 0.6) is 0 Å². The molecule has 96 valence electrons. The predicted octanol–water partition coefficient (Wildman–Crippen LogP) is 1.14. The molecule has 0 saturated carbocycles. The van der Waals surface area contributed by atoms with Gasteiger partial charge < -0.3 is 4.74 Å². The number of amides is 1. The summed E-state index contributed by atoms with van der Waals surface area (Å²) >= 11 is 0. The monoisotopic (exact) mass is 249 g/mol. The molecule has 1 N–H and O–H groups in total. The number of nitrogens with zero attached hydrogens (tertiary/aromatic N) is 2. The molecule has 6 heteroatoms. The number of carbonyl (C=O) groups excluding carboxylic acids is 2. The Balaban J connectivity index is 2.48. The maximum absolute atomic E-state index is 11.6. The van der Waals surface area contributed by atoms with Crippen molar-refractivity contribution in [1.82, 2.24) is 10.4 Å². The number of hydrogen-bond donors (Lipinski definition) is 1. The van der Waals surface area contributed by atoms with Gasteiger partial charge in [-0.2, -0.15) is 5.10 Å². The second kappa shape index (κ2) is 7.16. The molecule has 0 radical (unpaired) electrons. The minimum Gasteiger partial charge on any atom is -0.466 e. The lowest BCUT2D eigenvalue weighted by Crippen LogP contribution is -2.20. The maximum atomic E-state index is 11.6. The highest BCUT2D eigenvalue weighted by atomic mass is 16.5. The molecule has 0 spiro atoms. The summed E-state index contributed by atoms with van der Waals surface area (Å²) in [5.41, 5.74) is 3.30. The predicted molar refractivity (Wildman–Crippen MR) is 66.1 cm³/mol. The molecule has 1 heterocycles. The highest BCUT2D eigenvalue weighted by Gasteiger charge is 2.06. The van der Waals surface area contributed by atoms with Gasteiger partial charge in [-0.15, -0.1) is 0 Å². The number of rotatable bonds is 5. The molecule has 18 heavy (non-hydrogen) atoms. The molecule has 0 aliphatic heterocycles. The Labute approximate surface area is 105 Å². The van der Waals surface area contributed by atoms with E-state index in [0.717, 1.165) is 0 Å². The zero-order valence-corrected chi connectivity index (χ0v) is 10.3. The van der Waals surface area contributed by atoms with Gasteiger partial charge in [0.1, 0.15) is 0 Å². The quantitative estimate of drug-likeness (QED) is 0.482. The highest BCUT2D eigenvalue weighted by molar-refractivity contribution is 5.99. The Morgan fingerprint density at radius 1 is 1.39 bits per heavy atom. The van der Waals surface area contributed by atoms with Crippen molar-refractivity contribution in [2.24, 2.45) is 5.10 Å². The van der Waals surface area contributed by atoms with Crippen LogP contribution in [0.4, 0.5) is 0 Å². The lowest BCUT2D eigenvalue weighted by atomic mass is 10.2.